The van der Waals surface area contributed by atoms with Gasteiger partial charge in [0.15, 0.2) is 0 Å². The Bertz CT molecular complexity index is 21.0. The summed E-state index contributed by atoms with van der Waals surface area (Å²) in [6, 6.07) is 0. The van der Waals surface area contributed by atoms with Crippen molar-refractivity contribution in [3.05, 3.63) is 0 Å². The minimum atomic E-state index is -5.69. The third kappa shape index (κ3) is 58.0. The van der Waals surface area contributed by atoms with Crippen LogP contribution in [0.1, 0.15) is 0 Å². The molecule has 6 heteroatoms. The number of hydrogen-bond acceptors (Lipinski definition) is 4. The Hall–Kier alpha value is 1.30. The normalized spacial score (nSPS) is 10.0. The van der Waals surface area contributed by atoms with E-state index in [0.29, 0.717) is 0 Å². The molecule has 6 heavy (non-hydrogen) atoms. The fourth-order valence-corrected chi connectivity index (χ4v) is 0. The summed E-state index contributed by atoms with van der Waals surface area (Å²) in [4.78, 5) is 0. The lowest BCUT2D eigenvalue weighted by Crippen LogP contribution is -4.23. The van der Waals surface area contributed by atoms with Gasteiger partial charge >= 0.3 is 20.1 Å². The van der Waals surface area contributed by atoms with Crippen LogP contribution >= 0.6 is 24.0 Å². The Morgan fingerprint density at radius 3 is 1.17 bits per heavy atom. The van der Waals surface area contributed by atoms with E-state index in [-0.39, 0.29) is 24.0 Å². The number of hydrogen-bond donors (Lipinski definition) is 1. The van der Waals surface area contributed by atoms with E-state index in [0.717, 1.165) is 0 Å². The molecule has 0 bridgehead atoms. The van der Waals surface area contributed by atoms with Gasteiger partial charge in [0.2, 0.25) is 0 Å². The molecule has 0 spiro atoms. The molecular formula is H2I2O4. The first-order valence-corrected chi connectivity index (χ1v) is 4.24. The summed E-state index contributed by atoms with van der Waals surface area (Å²) in [5, 5.41) is 0. The standard InChI is InChI=1S/HIO4.HI/c2-1(3,4)5;/h2H;1H. The van der Waals surface area contributed by atoms with Crippen LogP contribution in [-0.4, -0.2) is 3.44 Å². The highest BCUT2D eigenvalue weighted by molar-refractivity contribution is 14.0. The molecule has 4 nitrogen and oxygen atoms in total. The quantitative estimate of drug-likeness (QED) is 0.450. The number of halogens is 2. The molecule has 0 radical (unpaired) electrons. The van der Waals surface area contributed by atoms with Crippen molar-refractivity contribution >= 4 is 24.0 Å². The average Bonchev–Trinajstić information content (AvgIpc) is 0.722. The summed E-state index contributed by atoms with van der Waals surface area (Å²) in [6.45, 7) is 0. The van der Waals surface area contributed by atoms with E-state index in [1.807, 2.05) is 0 Å². The molecule has 1 N–H and O–H groups in total. The first-order chi connectivity index (χ1) is 2.00. The monoisotopic (exact) mass is 320 g/mol. The first kappa shape index (κ1) is 10.3. The van der Waals surface area contributed by atoms with Crippen LogP contribution in [0.2, 0.25) is 0 Å². The van der Waals surface area contributed by atoms with Crippen LogP contribution in [0.4, 0.5) is 0 Å². The Balaban J connectivity index is 0. The van der Waals surface area contributed by atoms with Crippen molar-refractivity contribution in [1.82, 2.24) is 0 Å². The highest BCUT2D eigenvalue weighted by atomic mass is 127. The van der Waals surface area contributed by atoms with Crippen LogP contribution < -0.4 is 30.4 Å². The average molecular weight is 320 g/mol. The van der Waals surface area contributed by atoms with Crippen molar-refractivity contribution in [3.8, 4) is 0 Å². The maximum Gasteiger partial charge on any atom is 0.368 e. The summed E-state index contributed by atoms with van der Waals surface area (Å²) in [5.41, 5.74) is 0. The van der Waals surface area contributed by atoms with Gasteiger partial charge in [-0.25, -0.2) is 0 Å². The Morgan fingerprint density at radius 2 is 1.17 bits per heavy atom. The molecule has 0 aliphatic carbocycles. The zero-order valence-electron chi connectivity index (χ0n) is 2.46. The van der Waals surface area contributed by atoms with Crippen LogP contribution in [0, 0.1) is 0 Å². The summed E-state index contributed by atoms with van der Waals surface area (Å²) >= 11 is -5.69. The third-order valence-electron chi connectivity index (χ3n) is 0. The minimum absolute atomic E-state index is 0. The fraction of sp³-hybridized carbons (Fsp3) is 0. The van der Waals surface area contributed by atoms with E-state index in [9.17, 15) is 0 Å². The molecule has 40 valence electrons. The highest BCUT2D eigenvalue weighted by Crippen LogP contribution is 0.886. The SMILES string of the molecule is I.[O-][I+3]([O-])([O-])O. The van der Waals surface area contributed by atoms with E-state index in [1.54, 1.807) is 0 Å². The van der Waals surface area contributed by atoms with E-state index in [1.165, 1.54) is 0 Å². The maximum absolute atomic E-state index is 8.73. The van der Waals surface area contributed by atoms with Crippen molar-refractivity contribution < 1.29 is 33.8 Å². The second kappa shape index (κ2) is 3.32. The zero-order chi connectivity index (χ0) is 4.50. The van der Waals surface area contributed by atoms with Crippen molar-refractivity contribution in [3.63, 3.8) is 0 Å². The van der Waals surface area contributed by atoms with Gasteiger partial charge in [0, 0.05) is 3.44 Å². The van der Waals surface area contributed by atoms with Gasteiger partial charge in [-0.15, -0.1) is 24.0 Å². The second-order valence-electron chi connectivity index (χ2n) is 0.396. The molecule has 0 unspecified atom stereocenters. The van der Waals surface area contributed by atoms with Crippen LogP contribution in [0.15, 0.2) is 0 Å². The van der Waals surface area contributed by atoms with Gasteiger partial charge in [-0.1, -0.05) is 0 Å². The van der Waals surface area contributed by atoms with Crippen LogP contribution in [0.25, 0.3) is 0 Å². The van der Waals surface area contributed by atoms with Crippen molar-refractivity contribution in [2.45, 2.75) is 0 Å². The van der Waals surface area contributed by atoms with Crippen LogP contribution in [0.3, 0.4) is 0 Å². The van der Waals surface area contributed by atoms with Gasteiger partial charge in [-0.3, -0.25) is 10.3 Å². The lowest BCUT2D eigenvalue weighted by Gasteiger charge is -1.93. The molecule has 0 rings (SSSR count). The van der Waals surface area contributed by atoms with Gasteiger partial charge in [0.1, 0.15) is 0 Å². The lowest BCUT2D eigenvalue weighted by atomic mass is 16.0. The first-order valence-electron chi connectivity index (χ1n) is 0.632. The van der Waals surface area contributed by atoms with Crippen molar-refractivity contribution in [1.29, 1.82) is 0 Å². The fourth-order valence-electron chi connectivity index (χ4n) is 0. The molecule has 0 aliphatic rings. The summed E-state index contributed by atoms with van der Waals surface area (Å²) < 4.78 is 33.2. The lowest BCUT2D eigenvalue weighted by molar-refractivity contribution is -1.92. The van der Waals surface area contributed by atoms with Crippen LogP contribution in [-0.2, 0) is 0 Å². The molecule has 0 aromatic rings. The van der Waals surface area contributed by atoms with E-state index >= 15 is 0 Å². The zero-order valence-corrected chi connectivity index (χ0v) is 6.95. The van der Waals surface area contributed by atoms with E-state index in [4.69, 9.17) is 13.7 Å². The topological polar surface area (TPSA) is 89.4 Å². The van der Waals surface area contributed by atoms with Gasteiger partial charge in [0.05, 0.1) is 0 Å². The molecule has 0 atom stereocenters. The molecule has 0 saturated carbocycles. The summed E-state index contributed by atoms with van der Waals surface area (Å²) in [6.07, 6.45) is 0. The van der Waals surface area contributed by atoms with Crippen molar-refractivity contribution in [2.24, 2.45) is 0 Å². The molecule has 0 aliphatic heterocycles. The molecule has 0 aromatic carbocycles. The Morgan fingerprint density at radius 1 is 1.17 bits per heavy atom. The predicted octanol–water partition coefficient (Wildman–Crippen LogP) is -6.50. The largest absolute Gasteiger partial charge is 0.368 e. The van der Waals surface area contributed by atoms with Gasteiger partial charge in [0.25, 0.3) is 0 Å². The Kier molecular flexibility index (Phi) is 5.71. The molecular weight excluding hydrogens is 318 g/mol. The maximum atomic E-state index is 8.73. The van der Waals surface area contributed by atoms with Gasteiger partial charge < -0.3 is 0 Å². The summed E-state index contributed by atoms with van der Waals surface area (Å²) in [7, 11) is 0. The molecule has 0 amide bonds. The van der Waals surface area contributed by atoms with Gasteiger partial charge in [-0.2, -0.15) is 0 Å². The molecule has 0 heterocycles. The van der Waals surface area contributed by atoms with Crippen LogP contribution in [0.5, 0.6) is 0 Å². The second-order valence-corrected chi connectivity index (χ2v) is 2.66. The molecule has 0 saturated heterocycles. The summed E-state index contributed by atoms with van der Waals surface area (Å²) in [5.74, 6) is 0. The van der Waals surface area contributed by atoms with E-state index in [2.05, 4.69) is 0 Å². The van der Waals surface area contributed by atoms with Crippen molar-refractivity contribution in [2.75, 3.05) is 0 Å². The Labute approximate surface area is 57.5 Å². The molecule has 0 aromatic heterocycles. The predicted molar refractivity (Wildman–Crippen MR) is 17.6 cm³/mol. The molecule has 0 fully saturated rings. The number of rotatable bonds is 0. The highest BCUT2D eigenvalue weighted by Gasteiger charge is 2.11. The minimum Gasteiger partial charge on any atom is -0.256 e. The smallest absolute Gasteiger partial charge is 0.256 e. The van der Waals surface area contributed by atoms with Gasteiger partial charge in [-0.05, 0) is 0 Å². The van der Waals surface area contributed by atoms with E-state index < -0.39 is 20.1 Å². The third-order valence-corrected chi connectivity index (χ3v) is 0.